The minimum absolute atomic E-state index is 0.234. The van der Waals surface area contributed by atoms with E-state index < -0.39 is 17.2 Å². The van der Waals surface area contributed by atoms with E-state index in [0.29, 0.717) is 16.3 Å². The van der Waals surface area contributed by atoms with E-state index in [9.17, 15) is 19.2 Å². The van der Waals surface area contributed by atoms with Crippen molar-refractivity contribution in [3.63, 3.8) is 0 Å². The predicted molar refractivity (Wildman–Crippen MR) is 103 cm³/mol. The number of aromatic nitrogens is 2. The molecule has 0 bridgehead atoms. The fourth-order valence-corrected chi connectivity index (χ4v) is 2.54. The van der Waals surface area contributed by atoms with Gasteiger partial charge in [-0.25, -0.2) is 9.59 Å². The highest BCUT2D eigenvalue weighted by Gasteiger charge is 2.11. The lowest BCUT2D eigenvalue weighted by Crippen LogP contribution is -2.32. The topological polar surface area (TPSA) is 110 Å². The third kappa shape index (κ3) is 4.74. The smallest absolute Gasteiger partial charge is 0.331 e. The fraction of sp³-hybridized carbons (Fsp3) is 0.0526. The van der Waals surface area contributed by atoms with Gasteiger partial charge in [-0.3, -0.25) is 19.1 Å². The summed E-state index contributed by atoms with van der Waals surface area (Å²) in [7, 11) is 0. The second-order valence-corrected chi connectivity index (χ2v) is 6.08. The van der Waals surface area contributed by atoms with Gasteiger partial charge in [-0.05, 0) is 36.4 Å². The van der Waals surface area contributed by atoms with Crippen molar-refractivity contribution in [2.75, 3.05) is 5.32 Å². The molecule has 1 aromatic heterocycles. The molecule has 0 saturated carbocycles. The highest BCUT2D eigenvalue weighted by atomic mass is 35.5. The van der Waals surface area contributed by atoms with E-state index in [2.05, 4.69) is 5.32 Å². The summed E-state index contributed by atoms with van der Waals surface area (Å²) >= 11 is 5.99. The van der Waals surface area contributed by atoms with Crippen LogP contribution in [0.4, 0.5) is 5.69 Å². The van der Waals surface area contributed by atoms with Crippen LogP contribution in [0.1, 0.15) is 10.4 Å². The Hall–Kier alpha value is -3.65. The van der Waals surface area contributed by atoms with Gasteiger partial charge in [0.1, 0.15) is 12.3 Å². The number of esters is 1. The molecule has 2 N–H and O–H groups in total. The molecule has 3 aromatic rings. The number of rotatable bonds is 5. The molecular weight excluding hydrogens is 386 g/mol. The second-order valence-electron chi connectivity index (χ2n) is 5.67. The van der Waals surface area contributed by atoms with Crippen LogP contribution in [0.5, 0.6) is 5.75 Å². The zero-order chi connectivity index (χ0) is 20.1. The number of hydrogen-bond acceptors (Lipinski definition) is 5. The molecule has 0 spiro atoms. The fourth-order valence-electron chi connectivity index (χ4n) is 2.32. The van der Waals surface area contributed by atoms with Crippen LogP contribution in [0.25, 0.3) is 0 Å². The minimum atomic E-state index is -0.706. The van der Waals surface area contributed by atoms with Gasteiger partial charge in [0.05, 0.1) is 10.6 Å². The Kier molecular flexibility index (Phi) is 5.71. The Labute approximate surface area is 163 Å². The molecule has 1 heterocycles. The number of hydrogen-bond donors (Lipinski definition) is 2. The van der Waals surface area contributed by atoms with Gasteiger partial charge in [0.25, 0.3) is 11.5 Å². The van der Waals surface area contributed by atoms with Crippen LogP contribution >= 0.6 is 11.6 Å². The van der Waals surface area contributed by atoms with E-state index >= 15 is 0 Å². The summed E-state index contributed by atoms with van der Waals surface area (Å²) in [6, 6.07) is 13.9. The number of H-pyrrole nitrogens is 1. The SMILES string of the molecule is O=C(Cn1ccc(=O)[nH]c1=O)Oc1ccc(NC(=O)c2ccccc2Cl)cc1. The normalized spacial score (nSPS) is 10.3. The summed E-state index contributed by atoms with van der Waals surface area (Å²) < 4.78 is 6.16. The summed E-state index contributed by atoms with van der Waals surface area (Å²) in [5.74, 6) is -0.826. The highest BCUT2D eigenvalue weighted by molar-refractivity contribution is 6.34. The molecule has 0 radical (unpaired) electrons. The maximum absolute atomic E-state index is 12.2. The number of nitrogens with one attached hydrogen (secondary N) is 2. The monoisotopic (exact) mass is 399 g/mol. The van der Waals surface area contributed by atoms with E-state index in [4.69, 9.17) is 16.3 Å². The van der Waals surface area contributed by atoms with Crippen molar-refractivity contribution >= 4 is 29.2 Å². The summed E-state index contributed by atoms with van der Waals surface area (Å²) in [5.41, 5.74) is -0.432. The number of ether oxygens (including phenoxy) is 1. The Morgan fingerprint density at radius 1 is 1.04 bits per heavy atom. The van der Waals surface area contributed by atoms with Crippen LogP contribution < -0.4 is 21.3 Å². The molecule has 0 atom stereocenters. The average molecular weight is 400 g/mol. The Morgan fingerprint density at radius 2 is 1.75 bits per heavy atom. The number of carbonyl (C=O) groups excluding carboxylic acids is 2. The maximum Gasteiger partial charge on any atom is 0.331 e. The molecule has 3 rings (SSSR count). The molecule has 1 amide bonds. The van der Waals surface area contributed by atoms with Gasteiger partial charge in [-0.2, -0.15) is 0 Å². The number of halogens is 1. The first kappa shape index (κ1) is 19.1. The Balaban J connectivity index is 1.62. The molecular formula is C19H14ClN3O5. The van der Waals surface area contributed by atoms with Crippen molar-refractivity contribution < 1.29 is 14.3 Å². The first-order valence-electron chi connectivity index (χ1n) is 8.09. The summed E-state index contributed by atoms with van der Waals surface area (Å²) in [6.07, 6.45) is 1.20. The number of benzene rings is 2. The minimum Gasteiger partial charge on any atom is -0.425 e. The first-order valence-corrected chi connectivity index (χ1v) is 8.46. The molecule has 0 saturated heterocycles. The zero-order valence-corrected chi connectivity index (χ0v) is 15.1. The first-order chi connectivity index (χ1) is 13.4. The average Bonchev–Trinajstić information content (AvgIpc) is 2.66. The van der Waals surface area contributed by atoms with Crippen LogP contribution in [0.15, 0.2) is 70.4 Å². The number of anilines is 1. The van der Waals surface area contributed by atoms with Crippen molar-refractivity contribution in [3.8, 4) is 5.75 Å². The Bertz CT molecular complexity index is 1140. The lowest BCUT2D eigenvalue weighted by atomic mass is 10.2. The molecule has 8 nitrogen and oxygen atoms in total. The number of nitrogens with zero attached hydrogens (tertiary/aromatic N) is 1. The molecule has 9 heteroatoms. The van der Waals surface area contributed by atoms with Crippen molar-refractivity contribution in [2.45, 2.75) is 6.54 Å². The lowest BCUT2D eigenvalue weighted by molar-refractivity contribution is -0.135. The Morgan fingerprint density at radius 3 is 2.43 bits per heavy atom. The van der Waals surface area contributed by atoms with E-state index in [1.165, 1.54) is 18.3 Å². The standard InChI is InChI=1S/C19H14ClN3O5/c20-15-4-2-1-3-14(15)18(26)21-12-5-7-13(8-6-12)28-17(25)11-23-10-9-16(24)22-19(23)27/h1-10H,11H2,(H,21,26)(H,22,24,27). The maximum atomic E-state index is 12.2. The third-order valence-corrected chi connectivity index (χ3v) is 3.99. The molecule has 0 unspecified atom stereocenters. The molecule has 2 aromatic carbocycles. The van der Waals surface area contributed by atoms with E-state index in [1.807, 2.05) is 4.98 Å². The van der Waals surface area contributed by atoms with Crippen molar-refractivity contribution in [3.05, 3.63) is 92.2 Å². The van der Waals surface area contributed by atoms with Gasteiger partial charge in [-0.15, -0.1) is 0 Å². The van der Waals surface area contributed by atoms with Gasteiger partial charge in [0, 0.05) is 18.0 Å². The molecule has 0 aliphatic heterocycles. The van der Waals surface area contributed by atoms with Gasteiger partial charge in [0.15, 0.2) is 0 Å². The summed E-state index contributed by atoms with van der Waals surface area (Å²) in [6.45, 7) is -0.361. The van der Waals surface area contributed by atoms with Gasteiger partial charge in [-0.1, -0.05) is 23.7 Å². The van der Waals surface area contributed by atoms with Crippen LogP contribution in [0, 0.1) is 0 Å². The molecule has 142 valence electrons. The molecule has 28 heavy (non-hydrogen) atoms. The van der Waals surface area contributed by atoms with Crippen LogP contribution in [-0.4, -0.2) is 21.4 Å². The zero-order valence-electron chi connectivity index (χ0n) is 14.3. The van der Waals surface area contributed by atoms with E-state index in [-0.39, 0.29) is 18.2 Å². The summed E-state index contributed by atoms with van der Waals surface area (Å²) in [4.78, 5) is 48.8. The number of amides is 1. The van der Waals surface area contributed by atoms with Crippen molar-refractivity contribution in [1.29, 1.82) is 0 Å². The number of aromatic amines is 1. The lowest BCUT2D eigenvalue weighted by Gasteiger charge is -2.09. The summed E-state index contributed by atoms with van der Waals surface area (Å²) in [5, 5.41) is 3.03. The van der Waals surface area contributed by atoms with Crippen LogP contribution in [-0.2, 0) is 11.3 Å². The molecule has 0 fully saturated rings. The molecule has 0 aliphatic carbocycles. The largest absolute Gasteiger partial charge is 0.425 e. The third-order valence-electron chi connectivity index (χ3n) is 3.66. The van der Waals surface area contributed by atoms with Crippen molar-refractivity contribution in [2.24, 2.45) is 0 Å². The highest BCUT2D eigenvalue weighted by Crippen LogP contribution is 2.19. The molecule has 0 aliphatic rings. The van der Waals surface area contributed by atoms with E-state index in [1.54, 1.807) is 36.4 Å². The number of carbonyl (C=O) groups is 2. The van der Waals surface area contributed by atoms with E-state index in [0.717, 1.165) is 10.6 Å². The predicted octanol–water partition coefficient (Wildman–Crippen LogP) is 2.05. The van der Waals surface area contributed by atoms with Gasteiger partial charge < -0.3 is 10.1 Å². The second kappa shape index (κ2) is 8.36. The quantitative estimate of drug-likeness (QED) is 0.504. The van der Waals surface area contributed by atoms with Crippen LogP contribution in [0.2, 0.25) is 5.02 Å². The van der Waals surface area contributed by atoms with Crippen molar-refractivity contribution in [1.82, 2.24) is 9.55 Å². The van der Waals surface area contributed by atoms with Gasteiger partial charge >= 0.3 is 11.7 Å². The van der Waals surface area contributed by atoms with Gasteiger partial charge in [0.2, 0.25) is 0 Å². The van der Waals surface area contributed by atoms with Crippen LogP contribution in [0.3, 0.4) is 0 Å².